The molecule has 0 atom stereocenters. The molecule has 0 bridgehead atoms. The Bertz CT molecular complexity index is 892. The molecule has 1 amide bonds. The molecule has 3 heterocycles. The summed E-state index contributed by atoms with van der Waals surface area (Å²) < 4.78 is 24.1. The van der Waals surface area contributed by atoms with E-state index in [-0.39, 0.29) is 18.8 Å². The van der Waals surface area contributed by atoms with E-state index in [0.29, 0.717) is 30.9 Å². The van der Waals surface area contributed by atoms with Crippen LogP contribution in [0.25, 0.3) is 0 Å². The van der Waals surface area contributed by atoms with Crippen LogP contribution in [0, 0.1) is 6.92 Å². The molecule has 0 saturated carbocycles. The summed E-state index contributed by atoms with van der Waals surface area (Å²) in [7, 11) is 0. The second kappa shape index (κ2) is 7.60. The normalized spacial score (nSPS) is 18.6. The Morgan fingerprint density at radius 2 is 2.18 bits per heavy atom. The highest BCUT2D eigenvalue weighted by molar-refractivity contribution is 7.04. The highest BCUT2D eigenvalue weighted by atomic mass is 32.1. The number of ether oxygens (including phenoxy) is 1. The minimum Gasteiger partial charge on any atom is -0.457 e. The maximum Gasteiger partial charge on any atom is 0.338 e. The van der Waals surface area contributed by atoms with Gasteiger partial charge in [-0.3, -0.25) is 4.79 Å². The number of cyclic esters (lactones) is 1. The van der Waals surface area contributed by atoms with Gasteiger partial charge in [0.15, 0.2) is 5.67 Å². The first-order valence-corrected chi connectivity index (χ1v) is 10.2. The Kier molecular flexibility index (Phi) is 5.16. The quantitative estimate of drug-likeness (QED) is 0.777. The van der Waals surface area contributed by atoms with Crippen molar-refractivity contribution in [2.45, 2.75) is 38.5 Å². The third-order valence-electron chi connectivity index (χ3n) is 5.72. The molecule has 1 aromatic carbocycles. The fourth-order valence-electron chi connectivity index (χ4n) is 3.82. The van der Waals surface area contributed by atoms with Gasteiger partial charge in [-0.2, -0.15) is 4.37 Å². The summed E-state index contributed by atoms with van der Waals surface area (Å²) in [6.45, 7) is 4.23. The van der Waals surface area contributed by atoms with Crippen molar-refractivity contribution in [2.24, 2.45) is 0 Å². The molecule has 1 N–H and O–H groups in total. The van der Waals surface area contributed by atoms with Crippen LogP contribution in [-0.4, -0.2) is 46.5 Å². The van der Waals surface area contributed by atoms with Crippen LogP contribution in [0.4, 0.5) is 10.1 Å². The van der Waals surface area contributed by atoms with E-state index in [1.807, 2.05) is 19.1 Å². The number of aromatic nitrogens is 1. The number of nitrogens with zero attached hydrogens (tertiary/aromatic N) is 2. The van der Waals surface area contributed by atoms with Crippen molar-refractivity contribution < 1.29 is 18.7 Å². The molecule has 6 nitrogen and oxygen atoms in total. The summed E-state index contributed by atoms with van der Waals surface area (Å²) in [5.41, 5.74) is 2.63. The maximum absolute atomic E-state index is 15.0. The number of likely N-dealkylation sites (tertiary alicyclic amines) is 1. The number of carbonyl (C=O) groups is 2. The van der Waals surface area contributed by atoms with E-state index in [0.717, 1.165) is 24.1 Å². The van der Waals surface area contributed by atoms with Crippen LogP contribution in [0.15, 0.2) is 23.7 Å². The molecule has 0 aliphatic carbocycles. The van der Waals surface area contributed by atoms with Gasteiger partial charge in [-0.15, -0.1) is 0 Å². The lowest BCUT2D eigenvalue weighted by Gasteiger charge is -2.35. The van der Waals surface area contributed by atoms with Crippen LogP contribution in [-0.2, 0) is 22.6 Å². The molecule has 4 rings (SSSR count). The molecule has 0 unspecified atom stereocenters. The molecule has 2 aromatic rings. The number of rotatable bonds is 5. The fraction of sp³-hybridized carbons (Fsp3) is 0.450. The molecule has 2 aliphatic heterocycles. The van der Waals surface area contributed by atoms with Crippen LogP contribution in [0.5, 0.6) is 0 Å². The van der Waals surface area contributed by atoms with Crippen LogP contribution in [0.3, 0.4) is 0 Å². The van der Waals surface area contributed by atoms with E-state index >= 15 is 4.39 Å². The van der Waals surface area contributed by atoms with Gasteiger partial charge < -0.3 is 15.0 Å². The summed E-state index contributed by atoms with van der Waals surface area (Å²) in [6.07, 6.45) is 2.71. The summed E-state index contributed by atoms with van der Waals surface area (Å²) in [5, 5.41) is 4.30. The van der Waals surface area contributed by atoms with Crippen molar-refractivity contribution in [1.82, 2.24) is 9.27 Å². The number of hydrogen-bond acceptors (Lipinski definition) is 6. The summed E-state index contributed by atoms with van der Waals surface area (Å²) in [6, 6.07) is 3.81. The largest absolute Gasteiger partial charge is 0.457 e. The average molecular weight is 403 g/mol. The zero-order valence-electron chi connectivity index (χ0n) is 15.7. The lowest BCUT2D eigenvalue weighted by molar-refractivity contribution is -0.130. The molecule has 148 valence electrons. The molecule has 1 aromatic heterocycles. The molecule has 1 fully saturated rings. The number of anilines is 1. The van der Waals surface area contributed by atoms with Crippen molar-refractivity contribution in [3.63, 3.8) is 0 Å². The lowest BCUT2D eigenvalue weighted by atomic mass is 9.91. The SMILES string of the molecule is Cc1c(CCN2CCC(F)(C(=O)Nc3cnsc3)CC2)ccc2c1COC2=O. The summed E-state index contributed by atoms with van der Waals surface area (Å²) >= 11 is 1.22. The van der Waals surface area contributed by atoms with E-state index in [1.54, 1.807) is 5.38 Å². The number of halogens is 1. The van der Waals surface area contributed by atoms with Gasteiger partial charge in [0.05, 0.1) is 17.4 Å². The summed E-state index contributed by atoms with van der Waals surface area (Å²) in [5.74, 6) is -0.831. The van der Waals surface area contributed by atoms with Gasteiger partial charge in [0.2, 0.25) is 0 Å². The van der Waals surface area contributed by atoms with Crippen LogP contribution in [0.2, 0.25) is 0 Å². The Morgan fingerprint density at radius 1 is 1.39 bits per heavy atom. The third kappa shape index (κ3) is 3.66. The standard InChI is InChI=1S/C20H22FN3O3S/c1-13-14(2-3-16-17(13)11-27-18(16)25)4-7-24-8-5-20(21,6-9-24)19(26)23-15-10-22-28-12-15/h2-3,10,12H,4-9,11H2,1H3,(H,23,26). The molecule has 1 saturated heterocycles. The second-order valence-corrected chi connectivity index (χ2v) is 8.03. The van der Waals surface area contributed by atoms with Crippen molar-refractivity contribution in [3.05, 3.63) is 46.0 Å². The molecule has 2 aliphatic rings. The second-order valence-electron chi connectivity index (χ2n) is 7.38. The predicted octanol–water partition coefficient (Wildman–Crippen LogP) is 3.11. The molecule has 8 heteroatoms. The van der Waals surface area contributed by atoms with Crippen LogP contribution < -0.4 is 5.32 Å². The van der Waals surface area contributed by atoms with Gasteiger partial charge in [-0.05, 0) is 42.1 Å². The van der Waals surface area contributed by atoms with Gasteiger partial charge in [0.1, 0.15) is 6.61 Å². The Hall–Kier alpha value is -2.32. The fourth-order valence-corrected chi connectivity index (χ4v) is 4.28. The number of benzene rings is 1. The molecule has 28 heavy (non-hydrogen) atoms. The van der Waals surface area contributed by atoms with Crippen molar-refractivity contribution >= 4 is 29.1 Å². The summed E-state index contributed by atoms with van der Waals surface area (Å²) in [4.78, 5) is 26.1. The zero-order valence-corrected chi connectivity index (χ0v) is 16.5. The highest BCUT2D eigenvalue weighted by Crippen LogP contribution is 2.30. The van der Waals surface area contributed by atoms with Gasteiger partial charge in [0.25, 0.3) is 5.91 Å². The Labute approximate surface area is 166 Å². The number of alkyl halides is 1. The topological polar surface area (TPSA) is 71.5 Å². The van der Waals surface area contributed by atoms with Crippen molar-refractivity contribution in [2.75, 3.05) is 25.0 Å². The van der Waals surface area contributed by atoms with E-state index in [9.17, 15) is 9.59 Å². The minimum absolute atomic E-state index is 0.182. The number of nitrogens with one attached hydrogen (secondary N) is 1. The molecule has 0 radical (unpaired) electrons. The minimum atomic E-state index is -1.83. The monoisotopic (exact) mass is 403 g/mol. The van der Waals surface area contributed by atoms with E-state index in [1.165, 1.54) is 23.3 Å². The highest BCUT2D eigenvalue weighted by Gasteiger charge is 2.41. The number of fused-ring (bicyclic) bond motifs is 1. The molecular weight excluding hydrogens is 381 g/mol. The first-order chi connectivity index (χ1) is 13.5. The van der Waals surface area contributed by atoms with Crippen LogP contribution in [0.1, 0.15) is 39.9 Å². The number of carbonyl (C=O) groups excluding carboxylic acids is 2. The maximum atomic E-state index is 15.0. The molecule has 0 spiro atoms. The van der Waals surface area contributed by atoms with Gasteiger partial charge >= 0.3 is 5.97 Å². The molecular formula is C20H22FN3O3S. The number of piperidine rings is 1. The van der Waals surface area contributed by atoms with Gasteiger partial charge in [-0.25, -0.2) is 9.18 Å². The van der Waals surface area contributed by atoms with Gasteiger partial charge in [0, 0.05) is 43.4 Å². The van der Waals surface area contributed by atoms with Crippen molar-refractivity contribution in [1.29, 1.82) is 0 Å². The van der Waals surface area contributed by atoms with E-state index in [4.69, 9.17) is 4.74 Å². The zero-order chi connectivity index (χ0) is 19.7. The number of amides is 1. The van der Waals surface area contributed by atoms with Crippen LogP contribution >= 0.6 is 11.5 Å². The smallest absolute Gasteiger partial charge is 0.338 e. The Balaban J connectivity index is 1.31. The first kappa shape index (κ1) is 19.0. The van der Waals surface area contributed by atoms with Crippen molar-refractivity contribution in [3.8, 4) is 0 Å². The van der Waals surface area contributed by atoms with E-state index < -0.39 is 11.6 Å². The van der Waals surface area contributed by atoms with Gasteiger partial charge in [-0.1, -0.05) is 6.07 Å². The number of hydrogen-bond donors (Lipinski definition) is 1. The average Bonchev–Trinajstić information content (AvgIpc) is 3.33. The van der Waals surface area contributed by atoms with E-state index in [2.05, 4.69) is 14.6 Å². The Morgan fingerprint density at radius 3 is 2.89 bits per heavy atom. The predicted molar refractivity (Wildman–Crippen MR) is 104 cm³/mol. The lowest BCUT2D eigenvalue weighted by Crippen LogP contribution is -2.49. The first-order valence-electron chi connectivity index (χ1n) is 9.37. The third-order valence-corrected chi connectivity index (χ3v) is 6.31. The number of esters is 1.